The van der Waals surface area contributed by atoms with Crippen LogP contribution in [-0.4, -0.2) is 37.5 Å². The van der Waals surface area contributed by atoms with Crippen molar-refractivity contribution < 1.29 is 17.9 Å². The standard InChI is InChI=1S/C21H24N4O4S2/c1-4-14-6-5-7-15(12-14)23-18(26)13-25-20(22)19(21(24-25)30-3)31(27,28)17-10-8-16(29-2)9-11-17/h5-12H,4,13,22H2,1-3H3,(H,23,26). The van der Waals surface area contributed by atoms with Crippen molar-refractivity contribution in [1.29, 1.82) is 0 Å². The number of nitrogens with two attached hydrogens (primary N) is 1. The second-order valence-electron chi connectivity index (χ2n) is 6.66. The van der Waals surface area contributed by atoms with Crippen LogP contribution in [-0.2, 0) is 27.6 Å². The lowest BCUT2D eigenvalue weighted by atomic mass is 10.1. The van der Waals surface area contributed by atoms with Crippen LogP contribution < -0.4 is 15.8 Å². The molecule has 0 saturated heterocycles. The first-order valence-corrected chi connectivity index (χ1v) is 12.2. The van der Waals surface area contributed by atoms with Crippen LogP contribution in [0, 0.1) is 0 Å². The minimum Gasteiger partial charge on any atom is -0.497 e. The van der Waals surface area contributed by atoms with E-state index in [0.717, 1.165) is 23.7 Å². The molecule has 0 saturated carbocycles. The number of methoxy groups -OCH3 is 1. The van der Waals surface area contributed by atoms with Crippen LogP contribution in [0.4, 0.5) is 11.5 Å². The SMILES string of the molecule is CCc1cccc(NC(=O)Cn2nc(SC)c(S(=O)(=O)c3ccc(OC)cc3)c2N)c1. The van der Waals surface area contributed by atoms with Crippen molar-refractivity contribution in [2.24, 2.45) is 0 Å². The van der Waals surface area contributed by atoms with Gasteiger partial charge in [0.25, 0.3) is 0 Å². The van der Waals surface area contributed by atoms with E-state index < -0.39 is 9.84 Å². The van der Waals surface area contributed by atoms with Gasteiger partial charge in [0.2, 0.25) is 15.7 Å². The number of amides is 1. The molecule has 0 unspecified atom stereocenters. The third-order valence-electron chi connectivity index (χ3n) is 4.66. The van der Waals surface area contributed by atoms with Crippen LogP contribution in [0.15, 0.2) is 63.3 Å². The number of nitrogens with zero attached hydrogens (tertiary/aromatic N) is 2. The molecule has 10 heteroatoms. The van der Waals surface area contributed by atoms with E-state index in [-0.39, 0.29) is 33.1 Å². The fourth-order valence-corrected chi connectivity index (χ4v) is 5.45. The largest absolute Gasteiger partial charge is 0.497 e. The molecule has 3 aromatic rings. The average molecular weight is 461 g/mol. The fraction of sp³-hybridized carbons (Fsp3) is 0.238. The Morgan fingerprint density at radius 2 is 1.94 bits per heavy atom. The maximum absolute atomic E-state index is 13.2. The van der Waals surface area contributed by atoms with Gasteiger partial charge < -0.3 is 15.8 Å². The highest BCUT2D eigenvalue weighted by atomic mass is 32.2. The van der Waals surface area contributed by atoms with Crippen molar-refractivity contribution in [2.45, 2.75) is 34.7 Å². The number of rotatable bonds is 8. The topological polar surface area (TPSA) is 116 Å². The number of anilines is 2. The Balaban J connectivity index is 1.89. The fourth-order valence-electron chi connectivity index (χ4n) is 3.02. The van der Waals surface area contributed by atoms with Crippen molar-refractivity contribution in [3.63, 3.8) is 0 Å². The van der Waals surface area contributed by atoms with Gasteiger partial charge in [0.05, 0.1) is 12.0 Å². The van der Waals surface area contributed by atoms with E-state index in [2.05, 4.69) is 10.4 Å². The average Bonchev–Trinajstić information content (AvgIpc) is 3.09. The quantitative estimate of drug-likeness (QED) is 0.496. The van der Waals surface area contributed by atoms with Gasteiger partial charge in [-0.25, -0.2) is 13.1 Å². The molecule has 0 aliphatic heterocycles. The lowest BCUT2D eigenvalue weighted by Gasteiger charge is -2.09. The van der Waals surface area contributed by atoms with E-state index in [1.165, 1.54) is 23.9 Å². The summed E-state index contributed by atoms with van der Waals surface area (Å²) < 4.78 is 32.7. The van der Waals surface area contributed by atoms with Gasteiger partial charge in [-0.15, -0.1) is 11.8 Å². The maximum atomic E-state index is 13.2. The van der Waals surface area contributed by atoms with Crippen LogP contribution in [0.1, 0.15) is 12.5 Å². The summed E-state index contributed by atoms with van der Waals surface area (Å²) >= 11 is 1.15. The first-order valence-electron chi connectivity index (χ1n) is 9.48. The number of carbonyl (C=O) groups is 1. The second kappa shape index (κ2) is 9.44. The Morgan fingerprint density at radius 1 is 1.23 bits per heavy atom. The number of hydrogen-bond acceptors (Lipinski definition) is 7. The number of aryl methyl sites for hydroxylation is 1. The minimum atomic E-state index is -3.94. The van der Waals surface area contributed by atoms with Gasteiger partial charge in [0.1, 0.15) is 28.0 Å². The summed E-state index contributed by atoms with van der Waals surface area (Å²) in [6.07, 6.45) is 2.55. The number of hydrogen-bond donors (Lipinski definition) is 2. The summed E-state index contributed by atoms with van der Waals surface area (Å²) in [5.41, 5.74) is 7.90. The molecule has 2 aromatic carbocycles. The molecule has 3 N–H and O–H groups in total. The molecule has 1 heterocycles. The molecule has 0 spiro atoms. The Morgan fingerprint density at radius 3 is 2.55 bits per heavy atom. The van der Waals surface area contributed by atoms with Crippen molar-refractivity contribution in [1.82, 2.24) is 9.78 Å². The summed E-state index contributed by atoms with van der Waals surface area (Å²) in [7, 11) is -2.44. The highest BCUT2D eigenvalue weighted by molar-refractivity contribution is 7.99. The monoisotopic (exact) mass is 460 g/mol. The number of ether oxygens (including phenoxy) is 1. The number of benzene rings is 2. The predicted octanol–water partition coefficient (Wildman–Crippen LogP) is 3.23. The highest BCUT2D eigenvalue weighted by Crippen LogP contribution is 2.34. The van der Waals surface area contributed by atoms with Gasteiger partial charge in [0.15, 0.2) is 0 Å². The molecular weight excluding hydrogens is 436 g/mol. The molecule has 164 valence electrons. The minimum absolute atomic E-state index is 0.0654. The lowest BCUT2D eigenvalue weighted by molar-refractivity contribution is -0.116. The molecule has 1 aromatic heterocycles. The van der Waals surface area contributed by atoms with Crippen molar-refractivity contribution in [2.75, 3.05) is 24.4 Å². The van der Waals surface area contributed by atoms with Crippen LogP contribution in [0.2, 0.25) is 0 Å². The molecule has 0 bridgehead atoms. The summed E-state index contributed by atoms with van der Waals surface area (Å²) in [5, 5.41) is 7.29. The number of aromatic nitrogens is 2. The molecular formula is C21H24N4O4S2. The first-order chi connectivity index (χ1) is 14.8. The van der Waals surface area contributed by atoms with E-state index in [4.69, 9.17) is 10.5 Å². The van der Waals surface area contributed by atoms with E-state index in [1.807, 2.05) is 25.1 Å². The Labute approximate surface area is 185 Å². The van der Waals surface area contributed by atoms with Crippen LogP contribution in [0.25, 0.3) is 0 Å². The lowest BCUT2D eigenvalue weighted by Crippen LogP contribution is -2.21. The Hall–Kier alpha value is -2.98. The van der Waals surface area contributed by atoms with Crippen LogP contribution >= 0.6 is 11.8 Å². The molecule has 8 nitrogen and oxygen atoms in total. The first kappa shape index (κ1) is 22.7. The summed E-state index contributed by atoms with van der Waals surface area (Å²) in [4.78, 5) is 12.5. The van der Waals surface area contributed by atoms with Crippen molar-refractivity contribution >= 4 is 39.0 Å². The van der Waals surface area contributed by atoms with Crippen LogP contribution in [0.3, 0.4) is 0 Å². The Kier molecular flexibility index (Phi) is 6.91. The van der Waals surface area contributed by atoms with Gasteiger partial charge >= 0.3 is 0 Å². The summed E-state index contributed by atoms with van der Waals surface area (Å²) in [6, 6.07) is 13.5. The zero-order valence-corrected chi connectivity index (χ0v) is 19.1. The van der Waals surface area contributed by atoms with Crippen LogP contribution in [0.5, 0.6) is 5.75 Å². The van der Waals surface area contributed by atoms with Crippen molar-refractivity contribution in [3.05, 3.63) is 54.1 Å². The third kappa shape index (κ3) is 4.86. The molecule has 31 heavy (non-hydrogen) atoms. The van der Waals surface area contributed by atoms with Gasteiger partial charge in [-0.3, -0.25) is 4.79 Å². The normalized spacial score (nSPS) is 11.3. The summed E-state index contributed by atoms with van der Waals surface area (Å²) in [5.74, 6) is 0.0950. The molecule has 0 radical (unpaired) electrons. The maximum Gasteiger partial charge on any atom is 0.246 e. The smallest absolute Gasteiger partial charge is 0.246 e. The zero-order valence-electron chi connectivity index (χ0n) is 17.5. The molecule has 0 aliphatic carbocycles. The van der Waals surface area contributed by atoms with E-state index in [9.17, 15) is 13.2 Å². The van der Waals surface area contributed by atoms with E-state index in [1.54, 1.807) is 24.5 Å². The molecule has 0 fully saturated rings. The number of carbonyl (C=O) groups excluding carboxylic acids is 1. The Bertz CT molecular complexity index is 1190. The van der Waals surface area contributed by atoms with E-state index in [0.29, 0.717) is 11.4 Å². The van der Waals surface area contributed by atoms with Gasteiger partial charge in [0, 0.05) is 5.69 Å². The van der Waals surface area contributed by atoms with Gasteiger partial charge in [-0.2, -0.15) is 5.10 Å². The highest BCUT2D eigenvalue weighted by Gasteiger charge is 2.29. The second-order valence-corrected chi connectivity index (χ2v) is 9.34. The number of nitrogen functional groups attached to an aromatic ring is 1. The van der Waals surface area contributed by atoms with Gasteiger partial charge in [-0.05, 0) is 54.6 Å². The molecule has 3 rings (SSSR count). The third-order valence-corrected chi connectivity index (χ3v) is 7.30. The predicted molar refractivity (Wildman–Crippen MR) is 121 cm³/mol. The number of nitrogens with one attached hydrogen (secondary N) is 1. The van der Waals surface area contributed by atoms with Crippen molar-refractivity contribution in [3.8, 4) is 5.75 Å². The molecule has 1 amide bonds. The molecule has 0 atom stereocenters. The molecule has 0 aliphatic rings. The van der Waals surface area contributed by atoms with Gasteiger partial charge in [-0.1, -0.05) is 19.1 Å². The number of thioether (sulfide) groups is 1. The van der Waals surface area contributed by atoms with E-state index >= 15 is 0 Å². The summed E-state index contributed by atoms with van der Waals surface area (Å²) in [6.45, 7) is 1.81. The zero-order chi connectivity index (χ0) is 22.6. The number of sulfone groups is 1.